The first-order valence-electron chi connectivity index (χ1n) is 8.78. The van der Waals surface area contributed by atoms with Crippen molar-refractivity contribution in [1.82, 2.24) is 15.0 Å². The fourth-order valence-electron chi connectivity index (χ4n) is 2.74. The minimum Gasteiger partial charge on any atom is -0.277 e. The van der Waals surface area contributed by atoms with Gasteiger partial charge in [0.25, 0.3) is 10.0 Å². The van der Waals surface area contributed by atoms with Gasteiger partial charge in [-0.1, -0.05) is 26.0 Å². The predicted octanol–water partition coefficient (Wildman–Crippen LogP) is 3.73. The molecule has 8 heteroatoms. The van der Waals surface area contributed by atoms with Crippen LogP contribution in [0.2, 0.25) is 0 Å². The molecule has 0 spiro atoms. The molecular weight excluding hydrogens is 379 g/mol. The van der Waals surface area contributed by atoms with E-state index in [-0.39, 0.29) is 10.7 Å². The average molecular weight is 400 g/mol. The summed E-state index contributed by atoms with van der Waals surface area (Å²) in [7, 11) is -3.77. The summed E-state index contributed by atoms with van der Waals surface area (Å²) in [5.74, 6) is 0.154. The summed E-state index contributed by atoms with van der Waals surface area (Å²) < 4.78 is 37.9. The van der Waals surface area contributed by atoms with Crippen LogP contribution in [-0.2, 0) is 16.4 Å². The number of hydrazone groups is 1. The number of sulfonamides is 1. The molecule has 0 unspecified atom stereocenters. The molecule has 1 heterocycles. The average Bonchev–Trinajstić information content (AvgIpc) is 3.11. The molecule has 28 heavy (non-hydrogen) atoms. The zero-order chi connectivity index (χ0) is 20.1. The van der Waals surface area contributed by atoms with Gasteiger partial charge in [-0.15, -0.1) is 0 Å². The Morgan fingerprint density at radius 3 is 2.46 bits per heavy atom. The molecule has 3 aromatic rings. The van der Waals surface area contributed by atoms with Crippen LogP contribution in [-0.4, -0.2) is 24.8 Å². The quantitative estimate of drug-likeness (QED) is 0.468. The Morgan fingerprint density at radius 2 is 1.82 bits per heavy atom. The first kappa shape index (κ1) is 19.8. The predicted molar refractivity (Wildman–Crippen MR) is 107 cm³/mol. The molecule has 0 aliphatic carbocycles. The lowest BCUT2D eigenvalue weighted by Gasteiger charge is -2.07. The van der Waals surface area contributed by atoms with Gasteiger partial charge in [0.05, 0.1) is 23.0 Å². The van der Waals surface area contributed by atoms with Crippen molar-refractivity contribution >= 4 is 16.2 Å². The van der Waals surface area contributed by atoms with Crippen LogP contribution in [0.1, 0.15) is 25.0 Å². The number of hydrogen-bond acceptors (Lipinski definition) is 4. The Kier molecular flexibility index (Phi) is 5.89. The molecule has 0 atom stereocenters. The highest BCUT2D eigenvalue weighted by Crippen LogP contribution is 2.20. The van der Waals surface area contributed by atoms with E-state index in [1.807, 2.05) is 0 Å². The first-order chi connectivity index (χ1) is 13.3. The highest BCUT2D eigenvalue weighted by molar-refractivity contribution is 7.89. The van der Waals surface area contributed by atoms with Gasteiger partial charge in [0.2, 0.25) is 0 Å². The van der Waals surface area contributed by atoms with Crippen molar-refractivity contribution in [3.8, 4) is 11.3 Å². The van der Waals surface area contributed by atoms with E-state index in [1.165, 1.54) is 24.5 Å². The van der Waals surface area contributed by atoms with Crippen LogP contribution in [0, 0.1) is 11.7 Å². The lowest BCUT2D eigenvalue weighted by atomic mass is 10.0. The zero-order valence-corrected chi connectivity index (χ0v) is 16.4. The van der Waals surface area contributed by atoms with Crippen molar-refractivity contribution in [3.05, 3.63) is 71.7 Å². The summed E-state index contributed by atoms with van der Waals surface area (Å²) in [5, 5.41) is 10.6. The number of hydrogen-bond donors (Lipinski definition) is 2. The molecule has 2 N–H and O–H groups in total. The van der Waals surface area contributed by atoms with E-state index in [0.29, 0.717) is 22.7 Å². The van der Waals surface area contributed by atoms with Gasteiger partial charge in [0.15, 0.2) is 0 Å². The van der Waals surface area contributed by atoms with Crippen molar-refractivity contribution in [2.24, 2.45) is 11.0 Å². The Labute approximate surface area is 163 Å². The molecule has 0 bridgehead atoms. The molecule has 0 saturated heterocycles. The first-order valence-corrected chi connectivity index (χ1v) is 10.3. The molecule has 0 fully saturated rings. The van der Waals surface area contributed by atoms with Crippen LogP contribution >= 0.6 is 0 Å². The Balaban J connectivity index is 1.72. The fraction of sp³-hybridized carbons (Fsp3) is 0.200. The fourth-order valence-corrected chi connectivity index (χ4v) is 3.53. The summed E-state index contributed by atoms with van der Waals surface area (Å²) in [5.41, 5.74) is 2.98. The monoisotopic (exact) mass is 400 g/mol. The van der Waals surface area contributed by atoms with Gasteiger partial charge >= 0.3 is 0 Å². The maximum Gasteiger partial charge on any atom is 0.276 e. The molecule has 0 amide bonds. The van der Waals surface area contributed by atoms with Gasteiger partial charge in [-0.25, -0.2) is 9.22 Å². The largest absolute Gasteiger partial charge is 0.277 e. The van der Waals surface area contributed by atoms with E-state index < -0.39 is 10.0 Å². The SMILES string of the molecule is CC(C)Cc1ccc(S(=O)(=O)NN=Cc2cn[nH]c2-c2ccc(F)cc2)cc1. The molecule has 0 aliphatic heterocycles. The third-order valence-electron chi connectivity index (χ3n) is 4.06. The van der Waals surface area contributed by atoms with E-state index in [0.717, 1.165) is 12.0 Å². The number of benzene rings is 2. The van der Waals surface area contributed by atoms with Gasteiger partial charge in [-0.05, 0) is 54.3 Å². The van der Waals surface area contributed by atoms with E-state index in [1.54, 1.807) is 36.4 Å². The zero-order valence-electron chi connectivity index (χ0n) is 15.6. The van der Waals surface area contributed by atoms with Crippen molar-refractivity contribution in [2.75, 3.05) is 0 Å². The maximum atomic E-state index is 13.1. The minimum absolute atomic E-state index is 0.142. The van der Waals surface area contributed by atoms with E-state index in [4.69, 9.17) is 0 Å². The third kappa shape index (κ3) is 4.83. The third-order valence-corrected chi connectivity index (χ3v) is 5.29. The van der Waals surface area contributed by atoms with Crippen molar-refractivity contribution in [2.45, 2.75) is 25.2 Å². The molecule has 146 valence electrons. The standard InChI is InChI=1S/C20H21FN4O2S/c1-14(2)11-15-3-9-19(10-4-15)28(26,27)25-23-13-17-12-22-24-20(17)16-5-7-18(21)8-6-16/h3-10,12-14,25H,11H2,1-2H3,(H,22,24). The second kappa shape index (κ2) is 8.35. The van der Waals surface area contributed by atoms with Crippen LogP contribution in [0.4, 0.5) is 4.39 Å². The molecule has 2 aromatic carbocycles. The summed E-state index contributed by atoms with van der Waals surface area (Å²) in [6.45, 7) is 4.22. The van der Waals surface area contributed by atoms with Crippen LogP contribution in [0.25, 0.3) is 11.3 Å². The highest BCUT2D eigenvalue weighted by atomic mass is 32.2. The lowest BCUT2D eigenvalue weighted by molar-refractivity contribution is 0.584. The van der Waals surface area contributed by atoms with Gasteiger partial charge < -0.3 is 0 Å². The number of rotatable bonds is 7. The minimum atomic E-state index is -3.77. The summed E-state index contributed by atoms with van der Waals surface area (Å²) in [4.78, 5) is 2.34. The number of aromatic nitrogens is 2. The van der Waals surface area contributed by atoms with Gasteiger partial charge in [-0.2, -0.15) is 18.6 Å². The summed E-state index contributed by atoms with van der Waals surface area (Å²) >= 11 is 0. The molecule has 3 rings (SSSR count). The Bertz CT molecular complexity index is 1060. The van der Waals surface area contributed by atoms with E-state index in [2.05, 4.69) is 34.0 Å². The molecule has 6 nitrogen and oxygen atoms in total. The van der Waals surface area contributed by atoms with Crippen LogP contribution in [0.3, 0.4) is 0 Å². The number of nitrogens with zero attached hydrogens (tertiary/aromatic N) is 2. The van der Waals surface area contributed by atoms with Gasteiger partial charge in [-0.3, -0.25) is 5.10 Å². The van der Waals surface area contributed by atoms with Crippen molar-refractivity contribution < 1.29 is 12.8 Å². The topological polar surface area (TPSA) is 87.2 Å². The molecule has 0 radical (unpaired) electrons. The van der Waals surface area contributed by atoms with Crippen molar-refractivity contribution in [1.29, 1.82) is 0 Å². The second-order valence-corrected chi connectivity index (χ2v) is 8.46. The lowest BCUT2D eigenvalue weighted by Crippen LogP contribution is -2.18. The van der Waals surface area contributed by atoms with Crippen LogP contribution in [0.5, 0.6) is 0 Å². The Morgan fingerprint density at radius 1 is 1.14 bits per heavy atom. The number of H-pyrrole nitrogens is 1. The van der Waals surface area contributed by atoms with E-state index >= 15 is 0 Å². The normalized spacial score (nSPS) is 12.0. The van der Waals surface area contributed by atoms with E-state index in [9.17, 15) is 12.8 Å². The molecular formula is C20H21FN4O2S. The number of aromatic amines is 1. The smallest absolute Gasteiger partial charge is 0.276 e. The Hall–Kier alpha value is -3.00. The molecule has 0 saturated carbocycles. The molecule has 1 aromatic heterocycles. The highest BCUT2D eigenvalue weighted by Gasteiger charge is 2.13. The van der Waals surface area contributed by atoms with Crippen LogP contribution in [0.15, 0.2) is 64.7 Å². The van der Waals surface area contributed by atoms with Crippen molar-refractivity contribution in [3.63, 3.8) is 0 Å². The maximum absolute atomic E-state index is 13.1. The summed E-state index contributed by atoms with van der Waals surface area (Å²) in [6, 6.07) is 12.6. The number of halogens is 1. The molecule has 0 aliphatic rings. The van der Waals surface area contributed by atoms with Gasteiger partial charge in [0.1, 0.15) is 5.82 Å². The van der Waals surface area contributed by atoms with Gasteiger partial charge in [0, 0.05) is 11.1 Å². The van der Waals surface area contributed by atoms with Crippen LogP contribution < -0.4 is 4.83 Å². The second-order valence-electron chi connectivity index (χ2n) is 6.80. The summed E-state index contributed by atoms with van der Waals surface area (Å²) in [6.07, 6.45) is 3.75. The number of nitrogens with one attached hydrogen (secondary N) is 2.